The van der Waals surface area contributed by atoms with Crippen molar-refractivity contribution < 1.29 is 23.9 Å². The summed E-state index contributed by atoms with van der Waals surface area (Å²) in [5.41, 5.74) is 0.0985. The number of carbonyl (C=O) groups is 3. The van der Waals surface area contributed by atoms with E-state index in [1.54, 1.807) is 48.5 Å². The number of fused-ring (bicyclic) bond motifs is 2. The van der Waals surface area contributed by atoms with E-state index in [1.807, 2.05) is 0 Å². The average Bonchev–Trinajstić information content (AvgIpc) is 2.92. The standard InChI is InChI=1S/C20H17ClN2O5/c21-14-5-3-4-13(10-14)12-28-17(24)11-23-18(25)20(22-19(23)26)8-9-27-16-7-2-1-6-15(16)20/h1-7,10H,8-9,11-12H2,(H,22,26)/t20-/m1/s1. The zero-order chi connectivity index (χ0) is 19.7. The van der Waals surface area contributed by atoms with E-state index in [-0.39, 0.29) is 13.2 Å². The molecule has 0 unspecified atom stereocenters. The predicted molar refractivity (Wildman–Crippen MR) is 99.7 cm³/mol. The minimum absolute atomic E-state index is 0.00482. The predicted octanol–water partition coefficient (Wildman–Crippen LogP) is 2.61. The highest BCUT2D eigenvalue weighted by Crippen LogP contribution is 2.40. The molecule has 28 heavy (non-hydrogen) atoms. The van der Waals surface area contributed by atoms with Crippen molar-refractivity contribution in [3.63, 3.8) is 0 Å². The van der Waals surface area contributed by atoms with E-state index < -0.39 is 30.0 Å². The minimum Gasteiger partial charge on any atom is -0.493 e. The zero-order valence-electron chi connectivity index (χ0n) is 14.8. The zero-order valence-corrected chi connectivity index (χ0v) is 15.6. The second-order valence-electron chi connectivity index (χ2n) is 6.61. The Morgan fingerprint density at radius 2 is 2.04 bits per heavy atom. The molecule has 3 amide bonds. The lowest BCUT2D eigenvalue weighted by atomic mass is 9.84. The lowest BCUT2D eigenvalue weighted by Crippen LogP contribution is -2.47. The molecule has 0 aromatic heterocycles. The summed E-state index contributed by atoms with van der Waals surface area (Å²) in [7, 11) is 0. The summed E-state index contributed by atoms with van der Waals surface area (Å²) in [6, 6.07) is 13.3. The Hall–Kier alpha value is -3.06. The van der Waals surface area contributed by atoms with Gasteiger partial charge in [0.05, 0.1) is 6.61 Å². The van der Waals surface area contributed by atoms with Gasteiger partial charge in [0.15, 0.2) is 5.54 Å². The Kier molecular flexibility index (Phi) is 4.68. The monoisotopic (exact) mass is 400 g/mol. The number of hydrogen-bond acceptors (Lipinski definition) is 5. The van der Waals surface area contributed by atoms with Gasteiger partial charge in [-0.1, -0.05) is 41.9 Å². The molecule has 2 aliphatic rings. The molecule has 2 aliphatic heterocycles. The van der Waals surface area contributed by atoms with Crippen LogP contribution in [0.4, 0.5) is 4.79 Å². The van der Waals surface area contributed by atoms with Gasteiger partial charge < -0.3 is 14.8 Å². The molecular weight excluding hydrogens is 384 g/mol. The SMILES string of the molecule is O=C(CN1C(=O)N[C@@]2(CCOc3ccccc32)C1=O)OCc1cccc(Cl)c1. The summed E-state index contributed by atoms with van der Waals surface area (Å²) < 4.78 is 10.8. The van der Waals surface area contributed by atoms with Crippen molar-refractivity contribution >= 4 is 29.5 Å². The Morgan fingerprint density at radius 1 is 1.21 bits per heavy atom. The van der Waals surface area contributed by atoms with E-state index in [2.05, 4.69) is 5.32 Å². The van der Waals surface area contributed by atoms with Gasteiger partial charge >= 0.3 is 12.0 Å². The topological polar surface area (TPSA) is 84.9 Å². The van der Waals surface area contributed by atoms with Crippen molar-refractivity contribution in [2.45, 2.75) is 18.6 Å². The van der Waals surface area contributed by atoms with Gasteiger partial charge in [0.25, 0.3) is 5.91 Å². The number of esters is 1. The van der Waals surface area contributed by atoms with E-state index in [1.165, 1.54) is 0 Å². The number of hydrogen-bond donors (Lipinski definition) is 1. The Balaban J connectivity index is 1.47. The molecule has 0 bridgehead atoms. The number of carbonyl (C=O) groups excluding carboxylic acids is 3. The quantitative estimate of drug-likeness (QED) is 0.630. The summed E-state index contributed by atoms with van der Waals surface area (Å²) in [5.74, 6) is -0.610. The summed E-state index contributed by atoms with van der Waals surface area (Å²) in [6.45, 7) is -0.170. The fourth-order valence-corrected chi connectivity index (χ4v) is 3.69. The molecule has 0 radical (unpaired) electrons. The third-order valence-electron chi connectivity index (χ3n) is 4.83. The molecule has 4 rings (SSSR count). The Bertz CT molecular complexity index is 963. The van der Waals surface area contributed by atoms with Crippen LogP contribution in [-0.2, 0) is 26.5 Å². The number of urea groups is 1. The summed E-state index contributed by atoms with van der Waals surface area (Å²) >= 11 is 5.90. The molecule has 0 aliphatic carbocycles. The molecule has 7 nitrogen and oxygen atoms in total. The van der Waals surface area contributed by atoms with Gasteiger partial charge in [0.1, 0.15) is 18.9 Å². The highest BCUT2D eigenvalue weighted by molar-refractivity contribution is 6.30. The van der Waals surface area contributed by atoms with Crippen molar-refractivity contribution in [3.05, 3.63) is 64.7 Å². The highest BCUT2D eigenvalue weighted by atomic mass is 35.5. The number of para-hydroxylation sites is 1. The minimum atomic E-state index is -1.21. The van der Waals surface area contributed by atoms with Crippen molar-refractivity contribution in [1.29, 1.82) is 0 Å². The number of nitrogens with one attached hydrogen (secondary N) is 1. The average molecular weight is 401 g/mol. The second kappa shape index (κ2) is 7.16. The third kappa shape index (κ3) is 3.18. The number of ether oxygens (including phenoxy) is 2. The number of benzene rings is 2. The van der Waals surface area contributed by atoms with E-state index >= 15 is 0 Å². The summed E-state index contributed by atoms with van der Waals surface area (Å²) in [5, 5.41) is 3.27. The highest BCUT2D eigenvalue weighted by Gasteiger charge is 2.55. The maximum Gasteiger partial charge on any atom is 0.326 e. The summed E-state index contributed by atoms with van der Waals surface area (Å²) in [4.78, 5) is 38.6. The van der Waals surface area contributed by atoms with E-state index in [9.17, 15) is 14.4 Å². The Labute approximate surface area is 166 Å². The van der Waals surface area contributed by atoms with Gasteiger partial charge in [-0.25, -0.2) is 4.79 Å². The van der Waals surface area contributed by atoms with Crippen molar-refractivity contribution in [2.24, 2.45) is 0 Å². The van der Waals surface area contributed by atoms with Crippen LogP contribution < -0.4 is 10.1 Å². The number of nitrogens with zero attached hydrogens (tertiary/aromatic N) is 1. The van der Waals surface area contributed by atoms with Gasteiger partial charge in [-0.3, -0.25) is 14.5 Å². The number of rotatable bonds is 4. The van der Waals surface area contributed by atoms with Crippen molar-refractivity contribution in [3.8, 4) is 5.75 Å². The summed E-state index contributed by atoms with van der Waals surface area (Å²) in [6.07, 6.45) is 0.294. The normalized spacial score (nSPS) is 20.5. The maximum atomic E-state index is 13.1. The molecule has 144 valence electrons. The molecule has 2 aromatic rings. The van der Waals surface area contributed by atoms with Gasteiger partial charge in [-0.05, 0) is 23.8 Å². The number of imide groups is 1. The van der Waals surface area contributed by atoms with Crippen LogP contribution in [0, 0.1) is 0 Å². The molecule has 1 saturated heterocycles. The van der Waals surface area contributed by atoms with Crippen LogP contribution in [0.3, 0.4) is 0 Å². The number of amides is 3. The fraction of sp³-hybridized carbons (Fsp3) is 0.250. The van der Waals surface area contributed by atoms with Gasteiger partial charge in [0.2, 0.25) is 0 Å². The van der Waals surface area contributed by atoms with Crippen LogP contribution in [0.15, 0.2) is 48.5 Å². The largest absolute Gasteiger partial charge is 0.493 e. The first-order valence-electron chi connectivity index (χ1n) is 8.76. The lowest BCUT2D eigenvalue weighted by molar-refractivity contribution is -0.149. The first kappa shape index (κ1) is 18.3. The second-order valence-corrected chi connectivity index (χ2v) is 7.05. The van der Waals surface area contributed by atoms with Gasteiger partial charge in [0, 0.05) is 17.0 Å². The molecule has 1 spiro atoms. The number of halogens is 1. The molecular formula is C20H17ClN2O5. The van der Waals surface area contributed by atoms with Crippen LogP contribution in [0.2, 0.25) is 5.02 Å². The maximum absolute atomic E-state index is 13.1. The first-order chi connectivity index (χ1) is 13.5. The molecule has 1 fully saturated rings. The molecule has 0 saturated carbocycles. The molecule has 1 N–H and O–H groups in total. The van der Waals surface area contributed by atoms with E-state index in [0.717, 1.165) is 4.90 Å². The van der Waals surface area contributed by atoms with Crippen LogP contribution in [-0.4, -0.2) is 36.0 Å². The molecule has 2 heterocycles. The van der Waals surface area contributed by atoms with Crippen molar-refractivity contribution in [2.75, 3.05) is 13.2 Å². The smallest absolute Gasteiger partial charge is 0.326 e. The lowest BCUT2D eigenvalue weighted by Gasteiger charge is -2.33. The molecule has 2 aromatic carbocycles. The van der Waals surface area contributed by atoms with Crippen LogP contribution in [0.1, 0.15) is 17.5 Å². The molecule has 1 atom stereocenters. The van der Waals surface area contributed by atoms with Crippen LogP contribution in [0.25, 0.3) is 0 Å². The molecule has 8 heteroatoms. The van der Waals surface area contributed by atoms with Gasteiger partial charge in [-0.2, -0.15) is 0 Å². The van der Waals surface area contributed by atoms with Gasteiger partial charge in [-0.15, -0.1) is 0 Å². The van der Waals surface area contributed by atoms with Crippen molar-refractivity contribution in [1.82, 2.24) is 10.2 Å². The van der Waals surface area contributed by atoms with E-state index in [4.69, 9.17) is 21.1 Å². The Morgan fingerprint density at radius 3 is 2.86 bits per heavy atom. The van der Waals surface area contributed by atoms with Crippen LogP contribution in [0.5, 0.6) is 5.75 Å². The fourth-order valence-electron chi connectivity index (χ4n) is 3.48. The third-order valence-corrected chi connectivity index (χ3v) is 5.07. The van der Waals surface area contributed by atoms with Crippen LogP contribution >= 0.6 is 11.6 Å². The first-order valence-corrected chi connectivity index (χ1v) is 9.14. The van der Waals surface area contributed by atoms with E-state index in [0.29, 0.717) is 28.3 Å².